The molecular weight excluding hydrogens is 186 g/mol. The largest absolute Gasteiger partial charge is 2.00 e. The maximum absolute atomic E-state index is 10.3. The Labute approximate surface area is 102 Å². The summed E-state index contributed by atoms with van der Waals surface area (Å²) in [6, 6.07) is -0.851. The number of nitrogens with zero attached hydrogens (tertiary/aromatic N) is 1. The summed E-state index contributed by atoms with van der Waals surface area (Å²) in [4.78, 5) is 16.8. The first kappa shape index (κ1) is 11.9. The van der Waals surface area contributed by atoms with E-state index in [1.807, 2.05) is 0 Å². The molecule has 4 N–H and O–H groups in total. The van der Waals surface area contributed by atoms with Gasteiger partial charge in [-0.3, -0.25) is 4.79 Å². The van der Waals surface area contributed by atoms with Crippen LogP contribution < -0.4 is 5.73 Å². The van der Waals surface area contributed by atoms with Crippen LogP contribution in [0.5, 0.6) is 0 Å². The number of carboxylic acid groups (broad SMARTS) is 1. The maximum atomic E-state index is 10.3. The summed E-state index contributed by atoms with van der Waals surface area (Å²) in [7, 11) is 0. The van der Waals surface area contributed by atoms with Crippen LogP contribution in [0.25, 0.3) is 0 Å². The quantitative estimate of drug-likeness (QED) is 0.554. The molecule has 12 heavy (non-hydrogen) atoms. The van der Waals surface area contributed by atoms with Gasteiger partial charge in [-0.2, -0.15) is 0 Å². The second-order valence-electron chi connectivity index (χ2n) is 2.23. The number of H-pyrrole nitrogens is 1. The second-order valence-corrected chi connectivity index (χ2v) is 2.23. The molecule has 64 valence electrons. The minimum absolute atomic E-state index is 0. The van der Waals surface area contributed by atoms with Gasteiger partial charge in [-0.1, -0.05) is 0 Å². The number of carboxylic acids is 1. The number of hydrogen-bond donors (Lipinski definition) is 3. The Balaban J connectivity index is -0.000000403. The maximum Gasteiger partial charge on any atom is 2.00 e. The van der Waals surface area contributed by atoms with Gasteiger partial charge in [0.25, 0.3) is 0 Å². The number of imidazole rings is 1. The van der Waals surface area contributed by atoms with Crippen LogP contribution in [0.2, 0.25) is 0 Å². The van der Waals surface area contributed by atoms with Gasteiger partial charge >= 0.3 is 43.7 Å². The molecule has 1 heterocycles. The average molecular weight is 197 g/mol. The van der Waals surface area contributed by atoms with Crippen molar-refractivity contribution >= 4 is 43.7 Å². The van der Waals surface area contributed by atoms with Gasteiger partial charge < -0.3 is 18.7 Å². The summed E-state index contributed by atoms with van der Waals surface area (Å²) in [5, 5.41) is 8.42. The van der Waals surface area contributed by atoms with Crippen molar-refractivity contribution in [2.24, 2.45) is 5.73 Å². The summed E-state index contributed by atoms with van der Waals surface area (Å²) in [6.45, 7) is 0. The Morgan fingerprint density at radius 3 is 3.00 bits per heavy atom. The van der Waals surface area contributed by atoms with Gasteiger partial charge in [-0.15, -0.1) is 0 Å². The van der Waals surface area contributed by atoms with Crippen LogP contribution >= 0.6 is 0 Å². The molecular formula is C6H11CaN3O2. The summed E-state index contributed by atoms with van der Waals surface area (Å²) in [5.74, 6) is -1.00. The molecule has 1 atom stereocenters. The van der Waals surface area contributed by atoms with Crippen LogP contribution in [-0.2, 0) is 11.2 Å². The first-order valence-electron chi connectivity index (χ1n) is 3.16. The van der Waals surface area contributed by atoms with E-state index in [-0.39, 0.29) is 47.0 Å². The average Bonchev–Trinajstić information content (AvgIpc) is 2.39. The Morgan fingerprint density at radius 1 is 1.92 bits per heavy atom. The first-order valence-corrected chi connectivity index (χ1v) is 3.16. The van der Waals surface area contributed by atoms with E-state index in [0.717, 1.165) is 5.69 Å². The summed E-state index contributed by atoms with van der Waals surface area (Å²) in [5.41, 5.74) is 6.00. The zero-order valence-electron chi connectivity index (χ0n) is 8.53. The number of nitrogens with two attached hydrogens (primary N) is 1. The van der Waals surface area contributed by atoms with Crippen molar-refractivity contribution in [1.82, 2.24) is 9.97 Å². The number of rotatable bonds is 3. The first-order chi connectivity index (χ1) is 5.20. The third-order valence-electron chi connectivity index (χ3n) is 1.31. The van der Waals surface area contributed by atoms with E-state index in [1.54, 1.807) is 6.20 Å². The molecule has 1 unspecified atom stereocenters. The third-order valence-corrected chi connectivity index (χ3v) is 1.31. The summed E-state index contributed by atoms with van der Waals surface area (Å²) >= 11 is 0. The molecule has 6 heteroatoms. The van der Waals surface area contributed by atoms with E-state index in [0.29, 0.717) is 0 Å². The SMILES string of the molecule is NC(Cc1cnc[nH]1)C(=O)O.[Ca+2].[H-].[H-]. The molecule has 0 aromatic carbocycles. The Morgan fingerprint density at radius 2 is 2.58 bits per heavy atom. The van der Waals surface area contributed by atoms with Gasteiger partial charge in [0.05, 0.1) is 6.33 Å². The molecule has 1 aromatic heterocycles. The van der Waals surface area contributed by atoms with Crippen molar-refractivity contribution in [3.63, 3.8) is 0 Å². The number of aliphatic carboxylic acids is 1. The monoisotopic (exact) mass is 197 g/mol. The third kappa shape index (κ3) is 3.53. The van der Waals surface area contributed by atoms with Crippen molar-refractivity contribution < 1.29 is 12.8 Å². The molecule has 0 saturated heterocycles. The van der Waals surface area contributed by atoms with Gasteiger partial charge in [0, 0.05) is 18.3 Å². The number of carbonyl (C=O) groups is 1. The molecule has 0 aliphatic carbocycles. The molecule has 0 aliphatic rings. The van der Waals surface area contributed by atoms with Crippen molar-refractivity contribution in [2.45, 2.75) is 12.5 Å². The summed E-state index contributed by atoms with van der Waals surface area (Å²) < 4.78 is 0. The van der Waals surface area contributed by atoms with Gasteiger partial charge in [-0.05, 0) is 0 Å². The number of nitrogens with one attached hydrogen (secondary N) is 1. The summed E-state index contributed by atoms with van der Waals surface area (Å²) in [6.07, 6.45) is 3.34. The van der Waals surface area contributed by atoms with Crippen molar-refractivity contribution in [3.05, 3.63) is 18.2 Å². The second kappa shape index (κ2) is 5.53. The van der Waals surface area contributed by atoms with Crippen LogP contribution in [0.3, 0.4) is 0 Å². The molecule has 0 spiro atoms. The van der Waals surface area contributed by atoms with E-state index in [1.165, 1.54) is 6.33 Å². The van der Waals surface area contributed by atoms with Crippen molar-refractivity contribution in [3.8, 4) is 0 Å². The zero-order valence-corrected chi connectivity index (χ0v) is 8.73. The molecule has 0 amide bonds. The fourth-order valence-electron chi connectivity index (χ4n) is 0.721. The zero-order chi connectivity index (χ0) is 8.27. The van der Waals surface area contributed by atoms with E-state index in [9.17, 15) is 4.79 Å². The fraction of sp³-hybridized carbons (Fsp3) is 0.333. The van der Waals surface area contributed by atoms with Crippen LogP contribution in [0.15, 0.2) is 12.5 Å². The Hall–Kier alpha value is -0.100. The molecule has 0 radical (unpaired) electrons. The standard InChI is InChI=1S/C6H9N3O2.Ca.2H/c7-5(6(10)11)1-4-2-8-3-9-4;;;/h2-3,5H,1,7H2,(H,8,9)(H,10,11);;;/q;+2;2*-1. The number of hydrogen-bond acceptors (Lipinski definition) is 3. The van der Waals surface area contributed by atoms with E-state index < -0.39 is 12.0 Å². The van der Waals surface area contributed by atoms with Gasteiger partial charge in [0.15, 0.2) is 0 Å². The number of aromatic amines is 1. The smallest absolute Gasteiger partial charge is 1.00 e. The predicted molar refractivity (Wildman–Crippen MR) is 45.9 cm³/mol. The predicted octanol–water partition coefficient (Wildman–Crippen LogP) is -0.792. The van der Waals surface area contributed by atoms with Crippen LogP contribution in [-0.4, -0.2) is 64.8 Å². The Kier molecular flexibility index (Phi) is 5.48. The molecule has 5 nitrogen and oxygen atoms in total. The molecule has 0 bridgehead atoms. The molecule has 0 fully saturated rings. The van der Waals surface area contributed by atoms with Gasteiger partial charge in [-0.25, -0.2) is 4.98 Å². The van der Waals surface area contributed by atoms with Crippen LogP contribution in [0, 0.1) is 0 Å². The normalized spacial score (nSPS) is 11.8. The Bertz CT molecular complexity index is 245. The van der Waals surface area contributed by atoms with Gasteiger partial charge in [0.1, 0.15) is 6.04 Å². The van der Waals surface area contributed by atoms with Crippen molar-refractivity contribution in [2.75, 3.05) is 0 Å². The number of aromatic nitrogens is 2. The van der Waals surface area contributed by atoms with E-state index >= 15 is 0 Å². The van der Waals surface area contributed by atoms with Gasteiger partial charge in [0.2, 0.25) is 0 Å². The molecule has 0 aliphatic heterocycles. The fourth-order valence-corrected chi connectivity index (χ4v) is 0.721. The molecule has 0 saturated carbocycles. The minimum atomic E-state index is -1.00. The minimum Gasteiger partial charge on any atom is -1.00 e. The topological polar surface area (TPSA) is 92.0 Å². The van der Waals surface area contributed by atoms with E-state index in [2.05, 4.69) is 9.97 Å². The molecule has 1 aromatic rings. The molecule has 1 rings (SSSR count). The van der Waals surface area contributed by atoms with Crippen molar-refractivity contribution in [1.29, 1.82) is 0 Å². The van der Waals surface area contributed by atoms with Crippen LogP contribution in [0.1, 0.15) is 8.55 Å². The van der Waals surface area contributed by atoms with Crippen LogP contribution in [0.4, 0.5) is 0 Å². The van der Waals surface area contributed by atoms with E-state index in [4.69, 9.17) is 10.8 Å².